The minimum Gasteiger partial charge on any atom is -0.324 e. The molecule has 2 aromatic rings. The van der Waals surface area contributed by atoms with E-state index in [-0.39, 0.29) is 16.6 Å². The molecule has 0 saturated carbocycles. The number of amides is 1. The van der Waals surface area contributed by atoms with Crippen LogP contribution < -0.4 is 5.32 Å². The van der Waals surface area contributed by atoms with Crippen LogP contribution in [-0.2, 0) is 10.3 Å². The Bertz CT molecular complexity index is 739. The molecule has 22 heavy (non-hydrogen) atoms. The molecule has 2 rings (SSSR count). The zero-order chi connectivity index (χ0) is 16.5. The van der Waals surface area contributed by atoms with Crippen molar-refractivity contribution in [2.45, 2.75) is 26.3 Å². The van der Waals surface area contributed by atoms with E-state index < -0.39 is 10.5 Å². The van der Waals surface area contributed by atoms with Crippen LogP contribution in [0.4, 0.5) is 11.4 Å². The van der Waals surface area contributed by atoms with Gasteiger partial charge in [0.15, 0.2) is 0 Å². The summed E-state index contributed by atoms with van der Waals surface area (Å²) in [5.74, 6) is -0.305. The summed E-state index contributed by atoms with van der Waals surface area (Å²) in [5.41, 5.74) is 0.209. The van der Waals surface area contributed by atoms with Gasteiger partial charge in [-0.05, 0) is 38.5 Å². The largest absolute Gasteiger partial charge is 0.324 e. The topological polar surface area (TPSA) is 90.1 Å². The number of nitrogens with one attached hydrogen (secondary N) is 1. The summed E-state index contributed by atoms with van der Waals surface area (Å²) in [6, 6.07) is 4.04. The number of nitro groups is 1. The first-order valence-electron chi connectivity index (χ1n) is 6.49. The van der Waals surface area contributed by atoms with Crippen LogP contribution in [0.3, 0.4) is 0 Å². The highest BCUT2D eigenvalue weighted by atomic mass is 35.5. The second kappa shape index (κ2) is 5.76. The van der Waals surface area contributed by atoms with Gasteiger partial charge >= 0.3 is 0 Å². The molecular formula is C14H15ClN4O3. The van der Waals surface area contributed by atoms with Crippen molar-refractivity contribution in [2.24, 2.45) is 0 Å². The molecule has 0 saturated heterocycles. The van der Waals surface area contributed by atoms with Gasteiger partial charge in [0.2, 0.25) is 0 Å². The third-order valence-electron chi connectivity index (χ3n) is 3.24. The molecule has 0 aliphatic heterocycles. The molecule has 0 fully saturated rings. The summed E-state index contributed by atoms with van der Waals surface area (Å²) in [6.07, 6.45) is 3.43. The molecule has 116 valence electrons. The van der Waals surface area contributed by atoms with Gasteiger partial charge in [0, 0.05) is 18.0 Å². The van der Waals surface area contributed by atoms with Gasteiger partial charge in [-0.3, -0.25) is 19.6 Å². The van der Waals surface area contributed by atoms with Gasteiger partial charge < -0.3 is 5.32 Å². The molecule has 0 unspecified atom stereocenters. The van der Waals surface area contributed by atoms with E-state index in [4.69, 9.17) is 11.6 Å². The molecular weight excluding hydrogens is 308 g/mol. The number of nitrogens with zero attached hydrogens (tertiary/aromatic N) is 3. The monoisotopic (exact) mass is 322 g/mol. The Morgan fingerprint density at radius 1 is 1.45 bits per heavy atom. The van der Waals surface area contributed by atoms with Gasteiger partial charge in [-0.2, -0.15) is 5.10 Å². The van der Waals surface area contributed by atoms with E-state index >= 15 is 0 Å². The number of hydrogen-bond donors (Lipinski definition) is 1. The first kappa shape index (κ1) is 16.0. The molecule has 0 atom stereocenters. The van der Waals surface area contributed by atoms with Crippen molar-refractivity contribution in [2.75, 3.05) is 5.32 Å². The number of aryl methyl sites for hydroxylation is 1. The molecule has 1 heterocycles. The van der Waals surface area contributed by atoms with Crippen molar-refractivity contribution in [1.29, 1.82) is 0 Å². The molecule has 7 nitrogen and oxygen atoms in total. The maximum absolute atomic E-state index is 12.4. The van der Waals surface area contributed by atoms with Crippen molar-refractivity contribution < 1.29 is 9.72 Å². The number of anilines is 1. The third kappa shape index (κ3) is 3.09. The summed E-state index contributed by atoms with van der Waals surface area (Å²) in [7, 11) is 0. The van der Waals surface area contributed by atoms with Crippen LogP contribution in [0.15, 0.2) is 30.6 Å². The maximum Gasteiger partial charge on any atom is 0.288 e. The zero-order valence-electron chi connectivity index (χ0n) is 12.3. The molecule has 1 aromatic carbocycles. The standard InChI is InChI=1S/C14H15ClN4O3/c1-9-7-16-18(8-9)14(2,3)13(20)17-10-4-5-12(19(21)22)11(15)6-10/h4-8H,1-3H3,(H,17,20). The first-order valence-corrected chi connectivity index (χ1v) is 6.87. The molecule has 1 aromatic heterocycles. The minimum atomic E-state index is -0.914. The Morgan fingerprint density at radius 3 is 2.64 bits per heavy atom. The van der Waals surface area contributed by atoms with Gasteiger partial charge in [0.25, 0.3) is 11.6 Å². The van der Waals surface area contributed by atoms with Crippen LogP contribution in [0.1, 0.15) is 19.4 Å². The van der Waals surface area contributed by atoms with E-state index in [9.17, 15) is 14.9 Å². The van der Waals surface area contributed by atoms with Crippen molar-refractivity contribution in [3.05, 3.63) is 51.3 Å². The third-order valence-corrected chi connectivity index (χ3v) is 3.55. The van der Waals surface area contributed by atoms with Crippen LogP contribution in [0, 0.1) is 17.0 Å². The van der Waals surface area contributed by atoms with Crippen LogP contribution in [0.2, 0.25) is 5.02 Å². The molecule has 1 amide bonds. The molecule has 0 spiro atoms. The summed E-state index contributed by atoms with van der Waals surface area (Å²) in [5, 5.41) is 17.5. The van der Waals surface area contributed by atoms with E-state index in [1.165, 1.54) is 18.2 Å². The number of halogens is 1. The molecule has 0 radical (unpaired) electrons. The Balaban J connectivity index is 2.21. The summed E-state index contributed by atoms with van der Waals surface area (Å²) < 4.78 is 1.56. The fourth-order valence-electron chi connectivity index (χ4n) is 1.84. The van der Waals surface area contributed by atoms with E-state index in [0.29, 0.717) is 5.69 Å². The van der Waals surface area contributed by atoms with Crippen molar-refractivity contribution in [3.8, 4) is 0 Å². The predicted octanol–water partition coefficient (Wildman–Crippen LogP) is 3.13. The van der Waals surface area contributed by atoms with Gasteiger partial charge in [0.1, 0.15) is 10.6 Å². The average Bonchev–Trinajstić information content (AvgIpc) is 2.85. The van der Waals surface area contributed by atoms with Crippen LogP contribution in [0.5, 0.6) is 0 Å². The Kier molecular flexibility index (Phi) is 4.18. The smallest absolute Gasteiger partial charge is 0.288 e. The second-order valence-corrected chi connectivity index (χ2v) is 5.81. The number of hydrogen-bond acceptors (Lipinski definition) is 4. The highest BCUT2D eigenvalue weighted by Gasteiger charge is 2.30. The molecule has 8 heteroatoms. The number of aromatic nitrogens is 2. The predicted molar refractivity (Wildman–Crippen MR) is 83.0 cm³/mol. The highest BCUT2D eigenvalue weighted by molar-refractivity contribution is 6.33. The molecule has 0 aliphatic carbocycles. The lowest BCUT2D eigenvalue weighted by molar-refractivity contribution is -0.384. The van der Waals surface area contributed by atoms with Crippen LogP contribution in [-0.4, -0.2) is 20.6 Å². The SMILES string of the molecule is Cc1cnn(C(C)(C)C(=O)Nc2ccc([N+](=O)[O-])c(Cl)c2)c1. The first-order chi connectivity index (χ1) is 10.2. The summed E-state index contributed by atoms with van der Waals surface area (Å²) in [4.78, 5) is 22.6. The van der Waals surface area contributed by atoms with E-state index in [1.54, 1.807) is 30.9 Å². The summed E-state index contributed by atoms with van der Waals surface area (Å²) >= 11 is 5.83. The Hall–Kier alpha value is -2.41. The number of rotatable bonds is 4. The van der Waals surface area contributed by atoms with E-state index in [0.717, 1.165) is 5.56 Å². The van der Waals surface area contributed by atoms with Gasteiger partial charge in [0.05, 0.1) is 11.1 Å². The van der Waals surface area contributed by atoms with Crippen LogP contribution in [0.25, 0.3) is 0 Å². The van der Waals surface area contributed by atoms with Crippen molar-refractivity contribution >= 4 is 28.9 Å². The lowest BCUT2D eigenvalue weighted by atomic mass is 10.0. The van der Waals surface area contributed by atoms with Crippen molar-refractivity contribution in [1.82, 2.24) is 9.78 Å². The minimum absolute atomic E-state index is 0.0319. The van der Waals surface area contributed by atoms with Gasteiger partial charge in [-0.15, -0.1) is 0 Å². The molecule has 0 aliphatic rings. The summed E-state index contributed by atoms with van der Waals surface area (Å²) in [6.45, 7) is 5.33. The number of carbonyl (C=O) groups excluding carboxylic acids is 1. The fourth-order valence-corrected chi connectivity index (χ4v) is 2.09. The maximum atomic E-state index is 12.4. The van der Waals surface area contributed by atoms with Gasteiger partial charge in [-0.25, -0.2) is 0 Å². The highest BCUT2D eigenvalue weighted by Crippen LogP contribution is 2.28. The average molecular weight is 323 g/mol. The lowest BCUT2D eigenvalue weighted by Gasteiger charge is -2.24. The Morgan fingerprint density at radius 2 is 2.14 bits per heavy atom. The Labute approximate surface area is 132 Å². The lowest BCUT2D eigenvalue weighted by Crippen LogP contribution is -2.40. The molecule has 1 N–H and O–H groups in total. The number of benzene rings is 1. The number of nitro benzene ring substituents is 1. The van der Waals surface area contributed by atoms with Crippen LogP contribution >= 0.6 is 11.6 Å². The van der Waals surface area contributed by atoms with E-state index in [1.807, 2.05) is 6.92 Å². The number of carbonyl (C=O) groups is 1. The quantitative estimate of drug-likeness (QED) is 0.691. The van der Waals surface area contributed by atoms with Gasteiger partial charge in [-0.1, -0.05) is 11.6 Å². The second-order valence-electron chi connectivity index (χ2n) is 5.40. The zero-order valence-corrected chi connectivity index (χ0v) is 13.1. The van der Waals surface area contributed by atoms with E-state index in [2.05, 4.69) is 10.4 Å². The van der Waals surface area contributed by atoms with Crippen molar-refractivity contribution in [3.63, 3.8) is 0 Å². The molecule has 0 bridgehead atoms. The normalized spacial score (nSPS) is 11.3. The fraction of sp³-hybridized carbons (Fsp3) is 0.286.